The number of nitrogens with zero attached hydrogens (tertiary/aromatic N) is 1. The molecule has 25 heavy (non-hydrogen) atoms. The van der Waals surface area contributed by atoms with Crippen molar-refractivity contribution in [2.75, 3.05) is 6.54 Å². The molecule has 0 radical (unpaired) electrons. The zero-order valence-corrected chi connectivity index (χ0v) is 14.5. The molecule has 4 rings (SSSR count). The normalized spacial score (nSPS) is 29.3. The van der Waals surface area contributed by atoms with Gasteiger partial charge in [-0.3, -0.25) is 4.79 Å². The number of benzene rings is 2. The smallest absolute Gasteiger partial charge is 0.235 e. The van der Waals surface area contributed by atoms with Crippen molar-refractivity contribution in [1.29, 1.82) is 0 Å². The van der Waals surface area contributed by atoms with E-state index in [2.05, 4.69) is 24.3 Å². The molecule has 2 aromatic rings. The summed E-state index contributed by atoms with van der Waals surface area (Å²) in [4.78, 5) is 15.3. The monoisotopic (exact) mass is 335 g/mol. The average molecular weight is 335 g/mol. The second-order valence-corrected chi connectivity index (χ2v) is 7.44. The Labute approximate surface area is 149 Å². The Kier molecular flexibility index (Phi) is 4.34. The maximum absolute atomic E-state index is 13.3. The van der Waals surface area contributed by atoms with E-state index >= 15 is 0 Å². The van der Waals surface area contributed by atoms with E-state index in [1.807, 2.05) is 41.3 Å². The molecule has 130 valence electrons. The van der Waals surface area contributed by atoms with E-state index in [0.29, 0.717) is 13.1 Å². The molecule has 0 aromatic heterocycles. The van der Waals surface area contributed by atoms with E-state index in [0.717, 1.165) is 36.8 Å². The number of hydrogen-bond donors (Lipinski definition) is 1. The van der Waals surface area contributed by atoms with Crippen LogP contribution < -0.4 is 0 Å². The summed E-state index contributed by atoms with van der Waals surface area (Å²) in [6.45, 7) is 1.35. The zero-order valence-electron chi connectivity index (χ0n) is 14.5. The average Bonchev–Trinajstić information content (AvgIpc) is 2.67. The number of amides is 1. The van der Waals surface area contributed by atoms with Gasteiger partial charge in [0.15, 0.2) is 0 Å². The van der Waals surface area contributed by atoms with Gasteiger partial charge in [0.1, 0.15) is 0 Å². The Morgan fingerprint density at radius 2 is 1.60 bits per heavy atom. The summed E-state index contributed by atoms with van der Waals surface area (Å²) in [6, 6.07) is 20.2. The SMILES string of the molecule is O=C1N(Cc2ccccc2)C[C@@]1(c1ccccc1)[C@@H]1CCCC[C@@H]1O. The molecule has 1 heterocycles. The van der Waals surface area contributed by atoms with Crippen molar-refractivity contribution >= 4 is 5.91 Å². The first-order valence-electron chi connectivity index (χ1n) is 9.29. The largest absolute Gasteiger partial charge is 0.393 e. The van der Waals surface area contributed by atoms with E-state index in [1.165, 1.54) is 0 Å². The molecule has 0 bridgehead atoms. The summed E-state index contributed by atoms with van der Waals surface area (Å²) in [5, 5.41) is 10.7. The van der Waals surface area contributed by atoms with Crippen LogP contribution in [0.2, 0.25) is 0 Å². The van der Waals surface area contributed by atoms with Crippen LogP contribution in [-0.2, 0) is 16.8 Å². The molecule has 1 N–H and O–H groups in total. The van der Waals surface area contributed by atoms with Crippen molar-refractivity contribution in [3.8, 4) is 0 Å². The maximum Gasteiger partial charge on any atom is 0.235 e. The summed E-state index contributed by atoms with van der Waals surface area (Å²) in [7, 11) is 0. The lowest BCUT2D eigenvalue weighted by molar-refractivity contribution is -0.162. The van der Waals surface area contributed by atoms with Crippen LogP contribution in [0.15, 0.2) is 60.7 Å². The Morgan fingerprint density at radius 3 is 2.24 bits per heavy atom. The minimum atomic E-state index is -0.546. The van der Waals surface area contributed by atoms with E-state index in [4.69, 9.17) is 0 Å². The van der Waals surface area contributed by atoms with Crippen molar-refractivity contribution in [3.63, 3.8) is 0 Å². The molecular weight excluding hydrogens is 310 g/mol. The lowest BCUT2D eigenvalue weighted by Crippen LogP contribution is -2.69. The van der Waals surface area contributed by atoms with Gasteiger partial charge in [0, 0.05) is 19.0 Å². The number of β-lactam (4-membered cyclic amide) rings is 1. The molecule has 1 aliphatic carbocycles. The number of likely N-dealkylation sites (tertiary alicyclic amines) is 1. The lowest BCUT2D eigenvalue weighted by atomic mass is 9.59. The number of carbonyl (C=O) groups is 1. The number of carbonyl (C=O) groups excluding carboxylic acids is 1. The van der Waals surface area contributed by atoms with Crippen molar-refractivity contribution in [1.82, 2.24) is 4.90 Å². The molecule has 2 aromatic carbocycles. The molecule has 1 saturated heterocycles. The number of aliphatic hydroxyl groups is 1. The summed E-state index contributed by atoms with van der Waals surface area (Å²) in [5.41, 5.74) is 1.67. The highest BCUT2D eigenvalue weighted by atomic mass is 16.3. The highest BCUT2D eigenvalue weighted by molar-refractivity contribution is 5.95. The molecule has 3 atom stereocenters. The Balaban J connectivity index is 1.63. The van der Waals surface area contributed by atoms with Crippen LogP contribution in [-0.4, -0.2) is 28.6 Å². The first-order chi connectivity index (χ1) is 12.2. The maximum atomic E-state index is 13.3. The van der Waals surface area contributed by atoms with E-state index in [9.17, 15) is 9.90 Å². The fourth-order valence-corrected chi connectivity index (χ4v) is 4.69. The van der Waals surface area contributed by atoms with Gasteiger partial charge in [0.25, 0.3) is 0 Å². The Hall–Kier alpha value is -2.13. The number of hydrogen-bond acceptors (Lipinski definition) is 2. The highest BCUT2D eigenvalue weighted by Crippen LogP contribution is 2.48. The molecule has 3 heteroatoms. The van der Waals surface area contributed by atoms with Crippen molar-refractivity contribution in [2.24, 2.45) is 5.92 Å². The number of aliphatic hydroxyl groups excluding tert-OH is 1. The minimum absolute atomic E-state index is 0.0307. The zero-order chi connectivity index (χ0) is 17.3. The van der Waals surface area contributed by atoms with Crippen LogP contribution in [0, 0.1) is 5.92 Å². The second-order valence-electron chi connectivity index (χ2n) is 7.44. The predicted molar refractivity (Wildman–Crippen MR) is 97.9 cm³/mol. The van der Waals surface area contributed by atoms with E-state index in [1.54, 1.807) is 0 Å². The van der Waals surface area contributed by atoms with Gasteiger partial charge in [-0.15, -0.1) is 0 Å². The van der Waals surface area contributed by atoms with Gasteiger partial charge < -0.3 is 10.0 Å². The molecule has 0 spiro atoms. The van der Waals surface area contributed by atoms with Crippen LogP contribution in [0.4, 0.5) is 0 Å². The molecule has 2 aliphatic rings. The van der Waals surface area contributed by atoms with Crippen LogP contribution >= 0.6 is 0 Å². The standard InChI is InChI=1S/C22H25NO2/c24-20-14-8-7-13-19(20)22(18-11-5-2-6-12-18)16-23(21(22)25)15-17-9-3-1-4-10-17/h1-6,9-12,19-20,24H,7-8,13-16H2/t19-,20+,22-/m1/s1. The second kappa shape index (κ2) is 6.64. The predicted octanol–water partition coefficient (Wildman–Crippen LogP) is 3.52. The van der Waals surface area contributed by atoms with E-state index < -0.39 is 5.41 Å². The fourth-order valence-electron chi connectivity index (χ4n) is 4.69. The molecule has 0 unspecified atom stereocenters. The summed E-state index contributed by atoms with van der Waals surface area (Å²) < 4.78 is 0. The van der Waals surface area contributed by atoms with Gasteiger partial charge in [0.2, 0.25) is 5.91 Å². The fraction of sp³-hybridized carbons (Fsp3) is 0.409. The third-order valence-electron chi connectivity index (χ3n) is 5.98. The quantitative estimate of drug-likeness (QED) is 0.869. The van der Waals surface area contributed by atoms with Gasteiger partial charge in [-0.25, -0.2) is 0 Å². The molecule has 1 amide bonds. The summed E-state index contributed by atoms with van der Waals surface area (Å²) >= 11 is 0. The molecule has 1 saturated carbocycles. The Bertz CT molecular complexity index is 730. The van der Waals surface area contributed by atoms with Crippen molar-refractivity contribution in [2.45, 2.75) is 43.7 Å². The molecule has 3 nitrogen and oxygen atoms in total. The molecule has 2 fully saturated rings. The van der Waals surface area contributed by atoms with Crippen LogP contribution in [0.25, 0.3) is 0 Å². The first kappa shape index (κ1) is 16.3. The third kappa shape index (κ3) is 2.77. The highest BCUT2D eigenvalue weighted by Gasteiger charge is 2.59. The van der Waals surface area contributed by atoms with Crippen LogP contribution in [0.3, 0.4) is 0 Å². The van der Waals surface area contributed by atoms with Gasteiger partial charge in [-0.05, 0) is 24.0 Å². The van der Waals surface area contributed by atoms with Gasteiger partial charge in [0.05, 0.1) is 11.5 Å². The first-order valence-corrected chi connectivity index (χ1v) is 9.29. The van der Waals surface area contributed by atoms with Gasteiger partial charge in [-0.1, -0.05) is 73.5 Å². The van der Waals surface area contributed by atoms with Crippen molar-refractivity contribution < 1.29 is 9.90 Å². The van der Waals surface area contributed by atoms with Crippen LogP contribution in [0.5, 0.6) is 0 Å². The summed E-state index contributed by atoms with van der Waals surface area (Å²) in [6.07, 6.45) is 3.52. The topological polar surface area (TPSA) is 40.5 Å². The third-order valence-corrected chi connectivity index (χ3v) is 5.98. The number of rotatable bonds is 4. The molecule has 1 aliphatic heterocycles. The van der Waals surface area contributed by atoms with Crippen molar-refractivity contribution in [3.05, 3.63) is 71.8 Å². The van der Waals surface area contributed by atoms with Gasteiger partial charge >= 0.3 is 0 Å². The summed E-state index contributed by atoms with van der Waals surface area (Å²) in [5.74, 6) is 0.205. The van der Waals surface area contributed by atoms with E-state index in [-0.39, 0.29) is 17.9 Å². The van der Waals surface area contributed by atoms with Crippen LogP contribution in [0.1, 0.15) is 36.8 Å². The van der Waals surface area contributed by atoms with Gasteiger partial charge in [-0.2, -0.15) is 0 Å². The Morgan fingerprint density at radius 1 is 0.960 bits per heavy atom. The minimum Gasteiger partial charge on any atom is -0.393 e. The lowest BCUT2D eigenvalue weighted by Gasteiger charge is -2.55. The molecular formula is C22H25NO2.